The van der Waals surface area contributed by atoms with E-state index in [0.717, 1.165) is 11.1 Å². The first kappa shape index (κ1) is 14.1. The molecule has 104 valence electrons. The first-order valence-electron chi connectivity index (χ1n) is 6.59. The first-order valence-corrected chi connectivity index (χ1v) is 6.59. The maximum absolute atomic E-state index is 11.9. The van der Waals surface area contributed by atoms with Gasteiger partial charge in [0.05, 0.1) is 12.2 Å². The van der Waals surface area contributed by atoms with Crippen molar-refractivity contribution < 1.29 is 4.79 Å². The number of benzene rings is 1. The molecule has 0 aliphatic rings. The van der Waals surface area contributed by atoms with Crippen LogP contribution >= 0.6 is 0 Å². The van der Waals surface area contributed by atoms with Crippen molar-refractivity contribution in [2.24, 2.45) is 7.05 Å². The molecular weight excluding hydrogens is 250 g/mol. The van der Waals surface area contributed by atoms with Gasteiger partial charge in [-0.1, -0.05) is 24.3 Å². The van der Waals surface area contributed by atoms with E-state index in [4.69, 9.17) is 0 Å². The van der Waals surface area contributed by atoms with Crippen LogP contribution in [0.5, 0.6) is 0 Å². The molecule has 1 atom stereocenters. The van der Waals surface area contributed by atoms with Crippen molar-refractivity contribution in [2.45, 2.75) is 19.9 Å². The number of aryl methyl sites for hydroxylation is 2. The summed E-state index contributed by atoms with van der Waals surface area (Å²) in [5.41, 5.74) is 3.22. The van der Waals surface area contributed by atoms with Crippen LogP contribution in [0.1, 0.15) is 29.7 Å². The molecule has 0 saturated carbocycles. The van der Waals surface area contributed by atoms with Gasteiger partial charge in [0.1, 0.15) is 0 Å². The minimum Gasteiger partial charge on any atom is -0.346 e. The lowest BCUT2D eigenvalue weighted by atomic mass is 10.0. The van der Waals surface area contributed by atoms with Crippen LogP contribution in [0.2, 0.25) is 0 Å². The molecule has 0 unspecified atom stereocenters. The summed E-state index contributed by atoms with van der Waals surface area (Å²) in [4.78, 5) is 11.9. The second kappa shape index (κ2) is 6.19. The summed E-state index contributed by atoms with van der Waals surface area (Å²) in [5.74, 6) is -0.107. The van der Waals surface area contributed by atoms with Crippen LogP contribution in [0.15, 0.2) is 42.7 Å². The van der Waals surface area contributed by atoms with Gasteiger partial charge in [0.15, 0.2) is 0 Å². The van der Waals surface area contributed by atoms with E-state index < -0.39 is 0 Å². The fourth-order valence-electron chi connectivity index (χ4n) is 2.11. The zero-order valence-electron chi connectivity index (χ0n) is 12.0. The van der Waals surface area contributed by atoms with E-state index in [1.54, 1.807) is 17.0 Å². The molecule has 0 spiro atoms. The molecule has 0 aliphatic carbocycles. The standard InChI is InChI=1S/C16H19N3O/c1-12-6-4-5-7-15(12)13(2)18-16(20)9-8-14-10-17-19(3)11-14/h4-11,13H,1-3H3,(H,18,20)/b9-8-/t13-/m1/s1. The van der Waals surface area contributed by atoms with Crippen LogP contribution in [-0.4, -0.2) is 15.7 Å². The number of hydrogen-bond acceptors (Lipinski definition) is 2. The molecule has 2 aromatic rings. The Balaban J connectivity index is 1.98. The van der Waals surface area contributed by atoms with E-state index >= 15 is 0 Å². The molecule has 20 heavy (non-hydrogen) atoms. The summed E-state index contributed by atoms with van der Waals surface area (Å²) in [6, 6.07) is 8.04. The Hall–Kier alpha value is -2.36. The van der Waals surface area contributed by atoms with E-state index in [-0.39, 0.29) is 11.9 Å². The van der Waals surface area contributed by atoms with Crippen LogP contribution in [0.3, 0.4) is 0 Å². The van der Waals surface area contributed by atoms with E-state index in [2.05, 4.69) is 10.4 Å². The van der Waals surface area contributed by atoms with E-state index in [1.807, 2.05) is 51.4 Å². The number of hydrogen-bond donors (Lipinski definition) is 1. The van der Waals surface area contributed by atoms with Gasteiger partial charge in [-0.25, -0.2) is 0 Å². The van der Waals surface area contributed by atoms with Gasteiger partial charge >= 0.3 is 0 Å². The normalized spacial score (nSPS) is 12.6. The third-order valence-electron chi connectivity index (χ3n) is 3.17. The van der Waals surface area contributed by atoms with Crippen LogP contribution in [0, 0.1) is 6.92 Å². The van der Waals surface area contributed by atoms with Gasteiger partial charge in [-0.3, -0.25) is 9.48 Å². The van der Waals surface area contributed by atoms with E-state index in [9.17, 15) is 4.79 Å². The van der Waals surface area contributed by atoms with Crippen molar-refractivity contribution in [3.63, 3.8) is 0 Å². The molecule has 2 rings (SSSR count). The Morgan fingerprint density at radius 3 is 2.80 bits per heavy atom. The molecular formula is C16H19N3O. The van der Waals surface area contributed by atoms with E-state index in [1.165, 1.54) is 11.6 Å². The highest BCUT2D eigenvalue weighted by Crippen LogP contribution is 2.16. The Bertz CT molecular complexity index is 628. The van der Waals surface area contributed by atoms with Crippen molar-refractivity contribution in [2.75, 3.05) is 0 Å². The second-order valence-electron chi connectivity index (χ2n) is 4.87. The molecule has 1 N–H and O–H groups in total. The van der Waals surface area contributed by atoms with Gasteiger partial charge in [-0.2, -0.15) is 5.10 Å². The molecule has 0 aliphatic heterocycles. The smallest absolute Gasteiger partial charge is 0.244 e. The quantitative estimate of drug-likeness (QED) is 0.867. The van der Waals surface area contributed by atoms with Gasteiger partial charge in [0, 0.05) is 24.9 Å². The highest BCUT2D eigenvalue weighted by Gasteiger charge is 2.09. The molecule has 1 aromatic heterocycles. The Kier molecular flexibility index (Phi) is 4.35. The van der Waals surface area contributed by atoms with Crippen LogP contribution in [0.25, 0.3) is 6.08 Å². The van der Waals surface area contributed by atoms with Crippen LogP contribution in [-0.2, 0) is 11.8 Å². The molecule has 0 fully saturated rings. The summed E-state index contributed by atoms with van der Waals surface area (Å²) in [6.07, 6.45) is 6.86. The Morgan fingerprint density at radius 2 is 2.15 bits per heavy atom. The van der Waals surface area contributed by atoms with Crippen LogP contribution in [0.4, 0.5) is 0 Å². The van der Waals surface area contributed by atoms with Crippen molar-refractivity contribution >= 4 is 12.0 Å². The fourth-order valence-corrected chi connectivity index (χ4v) is 2.11. The SMILES string of the molecule is Cc1ccccc1[C@@H](C)NC(=O)/C=C\c1cnn(C)c1. The zero-order chi connectivity index (χ0) is 14.5. The topological polar surface area (TPSA) is 46.9 Å². The molecule has 4 nitrogen and oxygen atoms in total. The molecule has 1 heterocycles. The number of aromatic nitrogens is 2. The lowest BCUT2D eigenvalue weighted by Gasteiger charge is -2.15. The van der Waals surface area contributed by atoms with Crippen molar-refractivity contribution in [1.29, 1.82) is 0 Å². The van der Waals surface area contributed by atoms with Gasteiger partial charge in [0.25, 0.3) is 0 Å². The third-order valence-corrected chi connectivity index (χ3v) is 3.17. The molecule has 4 heteroatoms. The summed E-state index contributed by atoms with van der Waals surface area (Å²) >= 11 is 0. The Morgan fingerprint density at radius 1 is 1.40 bits per heavy atom. The van der Waals surface area contributed by atoms with Crippen molar-refractivity contribution in [3.05, 3.63) is 59.4 Å². The second-order valence-corrected chi connectivity index (χ2v) is 4.87. The maximum Gasteiger partial charge on any atom is 0.244 e. The molecule has 0 radical (unpaired) electrons. The van der Waals surface area contributed by atoms with Crippen LogP contribution < -0.4 is 5.32 Å². The first-order chi connectivity index (χ1) is 9.56. The predicted octanol–water partition coefficient (Wildman–Crippen LogP) is 2.62. The van der Waals surface area contributed by atoms with Gasteiger partial charge in [-0.15, -0.1) is 0 Å². The molecule has 1 amide bonds. The minimum absolute atomic E-state index is 0.0118. The molecule has 0 saturated heterocycles. The lowest BCUT2D eigenvalue weighted by Crippen LogP contribution is -2.25. The fraction of sp³-hybridized carbons (Fsp3) is 0.250. The van der Waals surface area contributed by atoms with Gasteiger partial charge in [0.2, 0.25) is 5.91 Å². The predicted molar refractivity (Wildman–Crippen MR) is 80.0 cm³/mol. The summed E-state index contributed by atoms with van der Waals surface area (Å²) in [5, 5.41) is 7.01. The number of carbonyl (C=O) groups excluding carboxylic acids is 1. The van der Waals surface area contributed by atoms with Gasteiger partial charge in [-0.05, 0) is 31.1 Å². The third kappa shape index (κ3) is 3.57. The maximum atomic E-state index is 11.9. The number of rotatable bonds is 4. The average molecular weight is 269 g/mol. The zero-order valence-corrected chi connectivity index (χ0v) is 12.0. The lowest BCUT2D eigenvalue weighted by molar-refractivity contribution is -0.117. The average Bonchev–Trinajstić information content (AvgIpc) is 2.82. The summed E-state index contributed by atoms with van der Waals surface area (Å²) in [6.45, 7) is 4.03. The van der Waals surface area contributed by atoms with Crippen molar-refractivity contribution in [1.82, 2.24) is 15.1 Å². The minimum atomic E-state index is -0.107. The van der Waals surface area contributed by atoms with Crippen molar-refractivity contribution in [3.8, 4) is 0 Å². The van der Waals surface area contributed by atoms with E-state index in [0.29, 0.717) is 0 Å². The number of amides is 1. The number of nitrogens with zero attached hydrogens (tertiary/aromatic N) is 2. The Labute approximate surface area is 119 Å². The number of carbonyl (C=O) groups is 1. The monoisotopic (exact) mass is 269 g/mol. The molecule has 1 aromatic carbocycles. The highest BCUT2D eigenvalue weighted by atomic mass is 16.1. The largest absolute Gasteiger partial charge is 0.346 e. The van der Waals surface area contributed by atoms with Gasteiger partial charge < -0.3 is 5.32 Å². The highest BCUT2D eigenvalue weighted by molar-refractivity contribution is 5.91. The molecule has 0 bridgehead atoms. The number of nitrogens with one attached hydrogen (secondary N) is 1. The summed E-state index contributed by atoms with van der Waals surface area (Å²) < 4.78 is 1.70. The summed E-state index contributed by atoms with van der Waals surface area (Å²) in [7, 11) is 1.84.